The summed E-state index contributed by atoms with van der Waals surface area (Å²) in [6.07, 6.45) is 1.33. The summed E-state index contributed by atoms with van der Waals surface area (Å²) in [4.78, 5) is 8.04. The van der Waals surface area contributed by atoms with E-state index in [0.29, 0.717) is 5.56 Å². The standard InChI is InChI=1S/C22H22F3N5S/c1-14-19(30-8-9-31-21(30)27-14)13-29-7-3-5-16(12-29)20-18(11-26-28-20)15-4-2-6-17(10-15)22(23,24)25/h2,4,6,8-11,16H,3,5,7,12-13H2,1H3,(H,26,28). The van der Waals surface area contributed by atoms with Crippen molar-refractivity contribution in [1.29, 1.82) is 0 Å². The van der Waals surface area contributed by atoms with Crippen LogP contribution in [0.2, 0.25) is 0 Å². The molecule has 162 valence electrons. The number of fused-ring (bicyclic) bond motifs is 1. The highest BCUT2D eigenvalue weighted by Crippen LogP contribution is 2.36. The number of aryl methyl sites for hydroxylation is 1. The molecule has 9 heteroatoms. The Morgan fingerprint density at radius 1 is 1.29 bits per heavy atom. The molecule has 1 aliphatic heterocycles. The van der Waals surface area contributed by atoms with Gasteiger partial charge in [0.2, 0.25) is 0 Å². The third kappa shape index (κ3) is 3.87. The minimum atomic E-state index is -4.36. The van der Waals surface area contributed by atoms with E-state index >= 15 is 0 Å². The first kappa shape index (κ1) is 20.3. The number of rotatable bonds is 4. The summed E-state index contributed by atoms with van der Waals surface area (Å²) in [6.45, 7) is 4.65. The van der Waals surface area contributed by atoms with Crippen LogP contribution < -0.4 is 0 Å². The fraction of sp³-hybridized carbons (Fsp3) is 0.364. The number of benzene rings is 1. The molecule has 1 fully saturated rings. The van der Waals surface area contributed by atoms with Crippen LogP contribution in [0.4, 0.5) is 13.2 Å². The normalized spacial score (nSPS) is 18.1. The van der Waals surface area contributed by atoms with E-state index in [9.17, 15) is 13.2 Å². The Kier molecular flexibility index (Phi) is 5.10. The molecule has 31 heavy (non-hydrogen) atoms. The topological polar surface area (TPSA) is 49.2 Å². The summed E-state index contributed by atoms with van der Waals surface area (Å²) in [5, 5.41) is 9.29. The van der Waals surface area contributed by atoms with Crippen LogP contribution in [0.3, 0.4) is 0 Å². The van der Waals surface area contributed by atoms with Crippen molar-refractivity contribution in [2.75, 3.05) is 13.1 Å². The van der Waals surface area contributed by atoms with Crippen molar-refractivity contribution in [3.8, 4) is 11.1 Å². The molecule has 0 aliphatic carbocycles. The zero-order valence-electron chi connectivity index (χ0n) is 17.0. The number of halogens is 3. The maximum absolute atomic E-state index is 13.2. The summed E-state index contributed by atoms with van der Waals surface area (Å²) >= 11 is 1.63. The maximum atomic E-state index is 13.2. The number of aromatic nitrogens is 4. The van der Waals surface area contributed by atoms with Crippen molar-refractivity contribution >= 4 is 16.3 Å². The second kappa shape index (κ2) is 7.80. The molecule has 0 spiro atoms. The molecule has 4 heterocycles. The average molecular weight is 446 g/mol. The minimum absolute atomic E-state index is 0.187. The molecule has 1 unspecified atom stereocenters. The Labute approximate surface area is 181 Å². The Bertz CT molecular complexity index is 1210. The summed E-state index contributed by atoms with van der Waals surface area (Å²) < 4.78 is 41.7. The van der Waals surface area contributed by atoms with Crippen LogP contribution in [0.1, 0.15) is 41.4 Å². The molecule has 0 bridgehead atoms. The molecule has 1 aliphatic rings. The fourth-order valence-corrected chi connectivity index (χ4v) is 5.26. The zero-order valence-corrected chi connectivity index (χ0v) is 17.8. The third-order valence-corrected chi connectivity index (χ3v) is 6.77. The van der Waals surface area contributed by atoms with Crippen LogP contribution in [0.25, 0.3) is 16.1 Å². The highest BCUT2D eigenvalue weighted by atomic mass is 32.1. The van der Waals surface area contributed by atoms with Crippen LogP contribution in [0, 0.1) is 6.92 Å². The lowest BCUT2D eigenvalue weighted by molar-refractivity contribution is -0.137. The van der Waals surface area contributed by atoms with Crippen molar-refractivity contribution in [3.63, 3.8) is 0 Å². The summed E-state index contributed by atoms with van der Waals surface area (Å²) in [6, 6.07) is 5.48. The molecule has 1 atom stereocenters. The van der Waals surface area contributed by atoms with Gasteiger partial charge in [-0.2, -0.15) is 18.3 Å². The molecule has 1 aromatic carbocycles. The number of imidazole rings is 1. The van der Waals surface area contributed by atoms with Crippen molar-refractivity contribution in [2.24, 2.45) is 0 Å². The van der Waals surface area contributed by atoms with Gasteiger partial charge in [-0.05, 0) is 44.0 Å². The van der Waals surface area contributed by atoms with Crippen LogP contribution in [0.5, 0.6) is 0 Å². The predicted octanol–water partition coefficient (Wildman–Crippen LogP) is 5.49. The second-order valence-electron chi connectivity index (χ2n) is 8.05. The first-order valence-corrected chi connectivity index (χ1v) is 11.1. The number of H-pyrrole nitrogens is 1. The molecule has 1 N–H and O–H groups in total. The van der Waals surface area contributed by atoms with Gasteiger partial charge in [0.15, 0.2) is 4.96 Å². The lowest BCUT2D eigenvalue weighted by Crippen LogP contribution is -2.34. The second-order valence-corrected chi connectivity index (χ2v) is 8.92. The SMILES string of the molecule is Cc1nc2sccn2c1CN1CCCC(c2[nH]ncc2-c2cccc(C(F)(F)F)c2)C1. The number of nitrogens with one attached hydrogen (secondary N) is 1. The molecule has 0 radical (unpaired) electrons. The van der Waals surface area contributed by atoms with E-state index in [0.717, 1.165) is 60.5 Å². The number of likely N-dealkylation sites (tertiary alicyclic amines) is 1. The number of thiazole rings is 1. The Morgan fingerprint density at radius 2 is 2.16 bits per heavy atom. The van der Waals surface area contributed by atoms with Gasteiger partial charge in [0, 0.05) is 41.8 Å². The Balaban J connectivity index is 1.39. The number of piperidine rings is 1. The number of hydrogen-bond acceptors (Lipinski definition) is 4. The van der Waals surface area contributed by atoms with Gasteiger partial charge >= 0.3 is 6.18 Å². The highest BCUT2D eigenvalue weighted by Gasteiger charge is 2.31. The van der Waals surface area contributed by atoms with Gasteiger partial charge in [0.1, 0.15) is 0 Å². The van der Waals surface area contributed by atoms with Crippen LogP contribution in [0.15, 0.2) is 42.0 Å². The molecule has 1 saturated heterocycles. The van der Waals surface area contributed by atoms with Crippen LogP contribution in [-0.2, 0) is 12.7 Å². The van der Waals surface area contributed by atoms with Crippen molar-refractivity contribution in [3.05, 3.63) is 64.7 Å². The van der Waals surface area contributed by atoms with Gasteiger partial charge in [-0.3, -0.25) is 14.4 Å². The highest BCUT2D eigenvalue weighted by molar-refractivity contribution is 7.15. The van der Waals surface area contributed by atoms with E-state index in [1.54, 1.807) is 23.6 Å². The lowest BCUT2D eigenvalue weighted by Gasteiger charge is -2.32. The predicted molar refractivity (Wildman–Crippen MR) is 114 cm³/mol. The fourth-order valence-electron chi connectivity index (χ4n) is 4.48. The monoisotopic (exact) mass is 445 g/mol. The Hall–Kier alpha value is -2.65. The van der Waals surface area contributed by atoms with Gasteiger partial charge in [-0.1, -0.05) is 12.1 Å². The van der Waals surface area contributed by atoms with Gasteiger partial charge in [0.25, 0.3) is 0 Å². The van der Waals surface area contributed by atoms with Gasteiger partial charge in [0.05, 0.1) is 23.1 Å². The van der Waals surface area contributed by atoms with Crippen LogP contribution >= 0.6 is 11.3 Å². The smallest absolute Gasteiger partial charge is 0.297 e. The summed E-state index contributed by atoms with van der Waals surface area (Å²) in [5.41, 5.74) is 3.80. The van der Waals surface area contributed by atoms with E-state index in [4.69, 9.17) is 0 Å². The molecule has 5 rings (SSSR count). The maximum Gasteiger partial charge on any atom is 0.416 e. The Morgan fingerprint density at radius 3 is 3.00 bits per heavy atom. The molecule has 3 aromatic heterocycles. The average Bonchev–Trinajstić information content (AvgIpc) is 3.46. The van der Waals surface area contributed by atoms with Crippen molar-refractivity contribution in [1.82, 2.24) is 24.5 Å². The van der Waals surface area contributed by atoms with Crippen LogP contribution in [-0.4, -0.2) is 37.6 Å². The van der Waals surface area contributed by atoms with E-state index < -0.39 is 11.7 Å². The molecule has 0 saturated carbocycles. The number of nitrogens with zero attached hydrogens (tertiary/aromatic N) is 4. The summed E-state index contributed by atoms with van der Waals surface area (Å²) in [7, 11) is 0. The molecule has 4 aromatic rings. The van der Waals surface area contributed by atoms with E-state index in [-0.39, 0.29) is 5.92 Å². The van der Waals surface area contributed by atoms with Crippen molar-refractivity contribution in [2.45, 2.75) is 38.4 Å². The molecular weight excluding hydrogens is 423 g/mol. The van der Waals surface area contributed by atoms with E-state index in [1.807, 2.05) is 12.3 Å². The van der Waals surface area contributed by atoms with Gasteiger partial charge < -0.3 is 0 Å². The minimum Gasteiger partial charge on any atom is -0.297 e. The van der Waals surface area contributed by atoms with Gasteiger partial charge in [-0.15, -0.1) is 11.3 Å². The third-order valence-electron chi connectivity index (χ3n) is 6.02. The largest absolute Gasteiger partial charge is 0.416 e. The summed E-state index contributed by atoms with van der Waals surface area (Å²) in [5.74, 6) is 0.187. The van der Waals surface area contributed by atoms with Crippen molar-refractivity contribution < 1.29 is 13.2 Å². The molecule has 0 amide bonds. The molecular formula is C22H22F3N5S. The number of aromatic amines is 1. The first-order chi connectivity index (χ1) is 14.9. The number of alkyl halides is 3. The van der Waals surface area contributed by atoms with E-state index in [2.05, 4.69) is 30.7 Å². The quantitative estimate of drug-likeness (QED) is 0.452. The van der Waals surface area contributed by atoms with Gasteiger partial charge in [-0.25, -0.2) is 4.98 Å². The number of hydrogen-bond donors (Lipinski definition) is 1. The van der Waals surface area contributed by atoms with E-state index in [1.165, 1.54) is 17.8 Å². The molecule has 5 nitrogen and oxygen atoms in total. The lowest BCUT2D eigenvalue weighted by atomic mass is 9.90. The first-order valence-electron chi connectivity index (χ1n) is 10.2. The zero-order chi connectivity index (χ0) is 21.6.